The topological polar surface area (TPSA) is 483 Å². The monoisotopic (exact) mass is 2080 g/mol. The summed E-state index contributed by atoms with van der Waals surface area (Å²) in [5.41, 5.74) is 9.66. The van der Waals surface area contributed by atoms with Crippen LogP contribution in [0.3, 0.4) is 0 Å². The fourth-order valence-electron chi connectivity index (χ4n) is 23.8. The molecule has 32 heteroatoms. The number of benzene rings is 4. The van der Waals surface area contributed by atoms with Crippen LogP contribution in [-0.4, -0.2) is 173 Å². The minimum Gasteiger partial charge on any atom is -0.481 e. The fourth-order valence-corrected chi connectivity index (χ4v) is 23.8. The number of ether oxygens (including phenoxy) is 4. The molecule has 0 unspecified atom stereocenters. The van der Waals surface area contributed by atoms with Crippen LogP contribution < -0.4 is 27.0 Å². The molecule has 4 aromatic carbocycles. The van der Waals surface area contributed by atoms with E-state index in [0.717, 1.165) is 138 Å². The number of nitrogens with two attached hydrogens (primary N) is 1. The number of nitrogens with zero attached hydrogens (tertiary/aromatic N) is 3. The van der Waals surface area contributed by atoms with E-state index in [1.54, 1.807) is 6.92 Å². The number of esters is 4. The minimum absolute atomic E-state index is 0.00223. The van der Waals surface area contributed by atoms with E-state index in [4.69, 9.17) is 35.2 Å². The van der Waals surface area contributed by atoms with Crippen LogP contribution in [0.2, 0.25) is 0 Å². The van der Waals surface area contributed by atoms with Crippen molar-refractivity contribution in [2.45, 2.75) is 382 Å². The van der Waals surface area contributed by atoms with Gasteiger partial charge in [0, 0.05) is 150 Å². The van der Waals surface area contributed by atoms with Crippen molar-refractivity contribution >= 4 is 76.6 Å². The molecule has 10 rings (SSSR count). The number of nitro groups is 3. The van der Waals surface area contributed by atoms with Crippen molar-refractivity contribution in [1.29, 1.82) is 0 Å². The molecule has 32 nitrogen and oxygen atoms in total. The van der Waals surface area contributed by atoms with Crippen LogP contribution >= 0.6 is 0 Å². The number of carbonyl (C=O) groups is 13. The van der Waals surface area contributed by atoms with Gasteiger partial charge < -0.3 is 51.1 Å². The third-order valence-electron chi connectivity index (χ3n) is 31.5. The maximum absolute atomic E-state index is 14.2. The second kappa shape index (κ2) is 68.0. The number of rotatable bonds is 46. The number of nitrogens with one attached hydrogen (secondary N) is 4. The first kappa shape index (κ1) is 128. The molecule has 4 aromatic rings. The van der Waals surface area contributed by atoms with Crippen LogP contribution in [0.5, 0.6) is 0 Å². The number of carbonyl (C=O) groups excluding carboxylic acids is 12. The van der Waals surface area contributed by atoms with E-state index in [1.807, 2.05) is 177 Å². The molecule has 149 heavy (non-hydrogen) atoms. The largest absolute Gasteiger partial charge is 0.481 e. The van der Waals surface area contributed by atoms with Gasteiger partial charge in [0.05, 0.1) is 33.2 Å². The van der Waals surface area contributed by atoms with Gasteiger partial charge in [0.1, 0.15) is 40.8 Å². The van der Waals surface area contributed by atoms with Crippen LogP contribution in [0.15, 0.2) is 121 Å². The third kappa shape index (κ3) is 44.0. The second-order valence-corrected chi connectivity index (χ2v) is 43.2. The van der Waals surface area contributed by atoms with Gasteiger partial charge in [-0.3, -0.25) is 83.1 Å². The van der Waals surface area contributed by atoms with E-state index in [9.17, 15) is 82.6 Å². The van der Waals surface area contributed by atoms with Crippen molar-refractivity contribution < 1.29 is 101 Å². The Morgan fingerprint density at radius 3 is 0.966 bits per heavy atom. The minimum atomic E-state index is -0.998. The van der Waals surface area contributed by atoms with Crippen LogP contribution in [-0.2, 0) is 107 Å². The lowest BCUT2D eigenvalue weighted by atomic mass is 9.70. The SMILES string of the molecule is CC(=O)OC(C)(C)C.CC[C@@H](C(=O)C[C@H](C)C(=O)O)[C@H]1CCCC[C@H]1[N+](=O)[O-].CC[C@@H](C(=O)C[C@H](C)C(=O)OC)[C@H]1CCCC[C@H]1N.CC[C@@H](C(=O)C[C@H](Cc1ccccc1)C(=O)N[C@@H]1CCCC[C@@H]1[C@@H](CC)C(=O)N[C@H](Cc1ccccc1)C(=O)OC)[C@H]1CCCC[C@H]1C.CC[C@@H](C(=O)C[C@H](Cc1ccccc1)C(=O)N[C@@H]1CCCC[C@@H]1[C@@H](CC)C(=O)N[C@H](Cc1ccccc1)C(=O)OC)[C@H]1CCCC[C@H]1[N+](=O)[O-].C[N+](=O)[O-]. The molecule has 0 bridgehead atoms. The van der Waals surface area contributed by atoms with Gasteiger partial charge in [0.2, 0.25) is 35.7 Å². The third-order valence-corrected chi connectivity index (χ3v) is 31.5. The molecule has 830 valence electrons. The molecule has 0 aromatic heterocycles. The standard InChI is InChI=1S/C41H58N2O5.C40H55N3O7.C15H27NO3.C14H23NO5.C6H12O2.CH3NO2/c1-5-32(34-22-14-13-17-28(34)3)38(44)27-31(25-29-18-9-7-10-19-29)39(45)42-36-24-16-15-23-35(36)33(6-2)40(46)43-37(41(47)48-4)26-30-20-11-8-12-21-30;1-4-30(33-21-13-15-23-36(33)43(48)49)37(44)26-29(24-27-16-8-6-9-17-27)38(45)41-34-22-14-12-20-32(34)31(5-2)39(46)42-35(40(47)50-3)25-28-18-10-7-11-19-28;1-4-11(12-7-5-6-8-13(12)16)14(17)9-10(2)15(18)19-3;1-3-10(13(16)8-9(2)14(17)18)11-6-4-5-7-12(11)15(19)20;1-5(7)8-6(2,3)4;1-2(3)4/h7-12,18-21,28,31-37H,5-6,13-17,22-27H2,1-4H3,(H,42,45)(H,43,46);6-11,16-19,29-36H,4-5,12-15,20-26H2,1-3H3,(H,41,45)(H,42,46);10-13H,4-9,16H2,1-3H3;9-12H,3-8H2,1-2H3,(H,17,18);1-4H3;1H3/t28-,31+,32-,33-,34+,35-,36-,37-;29-,30+,31+,32+,33+,34+,35+,36+;10-,11+,12+,13+;9-,10+,11+,12+;;/m1000../s1. The fraction of sp³-hybridized carbons (Fsp3) is 0.684. The van der Waals surface area contributed by atoms with Crippen LogP contribution in [0, 0.1) is 131 Å². The Kier molecular flexibility index (Phi) is 58.6. The Hall–Kier alpha value is -11.0. The van der Waals surface area contributed by atoms with Gasteiger partial charge in [-0.05, 0) is 195 Å². The van der Waals surface area contributed by atoms with Gasteiger partial charge in [-0.25, -0.2) is 9.59 Å². The number of carboxylic acids is 1. The summed E-state index contributed by atoms with van der Waals surface area (Å²) < 4.78 is 19.6. The van der Waals surface area contributed by atoms with Crippen molar-refractivity contribution in [2.75, 3.05) is 28.4 Å². The van der Waals surface area contributed by atoms with Gasteiger partial charge in [-0.2, -0.15) is 0 Å². The van der Waals surface area contributed by atoms with Crippen molar-refractivity contribution in [2.24, 2.45) is 106 Å². The number of aliphatic carboxylic acids is 1. The highest BCUT2D eigenvalue weighted by Crippen LogP contribution is 2.43. The second-order valence-electron chi connectivity index (χ2n) is 43.2. The van der Waals surface area contributed by atoms with Gasteiger partial charge in [0.25, 0.3) is 0 Å². The van der Waals surface area contributed by atoms with Crippen molar-refractivity contribution in [3.05, 3.63) is 174 Å². The van der Waals surface area contributed by atoms with Crippen molar-refractivity contribution in [1.82, 2.24) is 21.3 Å². The van der Waals surface area contributed by atoms with Gasteiger partial charge in [-0.15, -0.1) is 0 Å². The maximum Gasteiger partial charge on any atom is 0.328 e. The first-order valence-corrected chi connectivity index (χ1v) is 55.2. The number of ketones is 4. The number of methoxy groups -OCH3 is 3. The summed E-state index contributed by atoms with van der Waals surface area (Å²) in [7, 11) is 4.90. The van der Waals surface area contributed by atoms with E-state index >= 15 is 0 Å². The number of hydrogen-bond acceptors (Lipinski definition) is 24. The molecule has 4 amide bonds. The normalized spacial score (nSPS) is 22.9. The molecule has 6 aliphatic carbocycles. The number of Topliss-reactive ketones (excluding diaryl/α,β-unsaturated/α-hetero) is 4. The Labute approximate surface area is 884 Å². The molecule has 0 radical (unpaired) electrons. The van der Waals surface area contributed by atoms with E-state index in [1.165, 1.54) is 60.9 Å². The summed E-state index contributed by atoms with van der Waals surface area (Å²) in [4.78, 5) is 198. The lowest BCUT2D eigenvalue weighted by Crippen LogP contribution is -2.52. The summed E-state index contributed by atoms with van der Waals surface area (Å²) in [5.74, 6) is -6.54. The molecule has 7 N–H and O–H groups in total. The van der Waals surface area contributed by atoms with Crippen molar-refractivity contribution in [3.8, 4) is 0 Å². The number of amides is 4. The Morgan fingerprint density at radius 1 is 0.383 bits per heavy atom. The zero-order valence-corrected chi connectivity index (χ0v) is 92.0. The number of hydrogen-bond donors (Lipinski definition) is 6. The van der Waals surface area contributed by atoms with E-state index in [0.29, 0.717) is 95.3 Å². The summed E-state index contributed by atoms with van der Waals surface area (Å²) in [5, 5.41) is 53.4. The Morgan fingerprint density at radius 2 is 0.664 bits per heavy atom. The molecular formula is C117H178N8O24. The highest BCUT2D eigenvalue weighted by Gasteiger charge is 2.47. The van der Waals surface area contributed by atoms with Crippen LogP contribution in [0.1, 0.15) is 331 Å². The Bertz CT molecular complexity index is 4790. The molecule has 0 saturated heterocycles. The van der Waals surface area contributed by atoms with E-state index < -0.39 is 76.6 Å². The molecule has 0 heterocycles. The predicted molar refractivity (Wildman–Crippen MR) is 573 cm³/mol. The average Bonchev–Trinajstić information content (AvgIpc) is 0.824. The van der Waals surface area contributed by atoms with Crippen LogP contribution in [0.25, 0.3) is 0 Å². The van der Waals surface area contributed by atoms with E-state index in [2.05, 4.69) is 39.9 Å². The van der Waals surface area contributed by atoms with Gasteiger partial charge in [-0.1, -0.05) is 254 Å². The zero-order chi connectivity index (χ0) is 111. The van der Waals surface area contributed by atoms with Gasteiger partial charge in [0.15, 0.2) is 7.05 Å². The molecule has 6 aliphatic rings. The quantitative estimate of drug-likeness (QED) is 0.0104. The first-order chi connectivity index (χ1) is 70.9. The molecule has 24 atom stereocenters. The molecular weight excluding hydrogens is 1900 g/mol. The molecule has 6 saturated carbocycles. The molecule has 0 aliphatic heterocycles. The predicted octanol–water partition coefficient (Wildman–Crippen LogP) is 19.6. The maximum atomic E-state index is 14.2. The Balaban J connectivity index is 0.000000360. The first-order valence-electron chi connectivity index (χ1n) is 55.2. The molecule has 6 fully saturated rings. The smallest absolute Gasteiger partial charge is 0.328 e. The summed E-state index contributed by atoms with van der Waals surface area (Å²) >= 11 is 0. The van der Waals surface area contributed by atoms with E-state index in [-0.39, 0.29) is 177 Å². The highest BCUT2D eigenvalue weighted by molar-refractivity contribution is 5.92. The zero-order valence-electron chi connectivity index (χ0n) is 92.0. The summed E-state index contributed by atoms with van der Waals surface area (Å²) in [6.45, 7) is 24.3. The van der Waals surface area contributed by atoms with Gasteiger partial charge >= 0.3 is 29.8 Å². The average molecular weight is 2080 g/mol. The molecule has 0 spiro atoms. The van der Waals surface area contributed by atoms with Crippen molar-refractivity contribution in [3.63, 3.8) is 0 Å². The summed E-state index contributed by atoms with van der Waals surface area (Å²) in [6, 6.07) is 35.3. The highest BCUT2D eigenvalue weighted by atomic mass is 16.6. The van der Waals surface area contributed by atoms with Crippen LogP contribution in [0.4, 0.5) is 0 Å². The summed E-state index contributed by atoms with van der Waals surface area (Å²) in [6.07, 6.45) is 27.4. The number of carboxylic acid groups (broad SMARTS) is 1. The lowest BCUT2D eigenvalue weighted by Gasteiger charge is -2.38. The lowest BCUT2D eigenvalue weighted by molar-refractivity contribution is -0.537.